The van der Waals surface area contributed by atoms with Gasteiger partial charge in [-0.25, -0.2) is 4.79 Å². The molecule has 1 aliphatic rings. The number of benzene rings is 1. The van der Waals surface area contributed by atoms with Crippen LogP contribution in [0.25, 0.3) is 0 Å². The maximum Gasteiger partial charge on any atom is 0.335 e. The molecule has 0 amide bonds. The first-order valence-electron chi connectivity index (χ1n) is 9.40. The predicted molar refractivity (Wildman–Crippen MR) is 98.7 cm³/mol. The highest BCUT2D eigenvalue weighted by Gasteiger charge is 2.21. The van der Waals surface area contributed by atoms with Crippen molar-refractivity contribution in [3.05, 3.63) is 36.9 Å². The van der Waals surface area contributed by atoms with Crippen molar-refractivity contribution in [2.75, 3.05) is 6.79 Å². The molecule has 4 nitrogen and oxygen atoms in total. The normalized spacial score (nSPS) is 20.0. The van der Waals surface area contributed by atoms with E-state index in [0.29, 0.717) is 17.6 Å². The first-order valence-corrected chi connectivity index (χ1v) is 9.40. The number of rotatable bonds is 10. The third-order valence-electron chi connectivity index (χ3n) is 4.75. The van der Waals surface area contributed by atoms with Crippen molar-refractivity contribution in [1.29, 1.82) is 0 Å². The standard InChI is InChI=1S/C21H30O4/c1-3-5-6-7-17-8-10-18(11-9-17)23-16-24-19-12-14-20(15-13-19)25-21(22)4-2/h4,12-15,17-18H,2-3,5-11,16H2,1H3. The molecule has 0 bridgehead atoms. The van der Waals surface area contributed by atoms with Crippen LogP contribution in [0.4, 0.5) is 0 Å². The van der Waals surface area contributed by atoms with E-state index in [1.165, 1.54) is 38.5 Å². The summed E-state index contributed by atoms with van der Waals surface area (Å²) in [5, 5.41) is 0. The summed E-state index contributed by atoms with van der Waals surface area (Å²) in [4.78, 5) is 11.1. The Labute approximate surface area is 151 Å². The Morgan fingerprint density at radius 3 is 2.44 bits per heavy atom. The molecule has 1 aliphatic carbocycles. The summed E-state index contributed by atoms with van der Waals surface area (Å²) in [5.41, 5.74) is 0. The summed E-state index contributed by atoms with van der Waals surface area (Å²) in [6, 6.07) is 6.91. The van der Waals surface area contributed by atoms with Gasteiger partial charge in [0.2, 0.25) is 0 Å². The van der Waals surface area contributed by atoms with Crippen LogP contribution in [0.1, 0.15) is 58.3 Å². The highest BCUT2D eigenvalue weighted by atomic mass is 16.7. The number of unbranched alkanes of at least 4 members (excludes halogenated alkanes) is 2. The average Bonchev–Trinajstić information content (AvgIpc) is 2.64. The fourth-order valence-corrected chi connectivity index (χ4v) is 3.23. The van der Waals surface area contributed by atoms with E-state index in [9.17, 15) is 4.79 Å². The van der Waals surface area contributed by atoms with Crippen LogP contribution < -0.4 is 9.47 Å². The molecule has 0 aliphatic heterocycles. The summed E-state index contributed by atoms with van der Waals surface area (Å²) in [6.07, 6.45) is 11.7. The van der Waals surface area contributed by atoms with Gasteiger partial charge < -0.3 is 14.2 Å². The number of carbonyl (C=O) groups is 1. The van der Waals surface area contributed by atoms with Gasteiger partial charge in [0.05, 0.1) is 6.10 Å². The molecule has 0 spiro atoms. The van der Waals surface area contributed by atoms with Gasteiger partial charge in [-0.15, -0.1) is 0 Å². The van der Waals surface area contributed by atoms with Crippen LogP contribution >= 0.6 is 0 Å². The van der Waals surface area contributed by atoms with Crippen molar-refractivity contribution in [1.82, 2.24) is 0 Å². The molecule has 2 rings (SSSR count). The summed E-state index contributed by atoms with van der Waals surface area (Å²) < 4.78 is 16.5. The molecule has 1 fully saturated rings. The Morgan fingerprint density at radius 1 is 1.12 bits per heavy atom. The molecule has 1 aromatic rings. The van der Waals surface area contributed by atoms with Gasteiger partial charge in [0.25, 0.3) is 0 Å². The van der Waals surface area contributed by atoms with Gasteiger partial charge in [-0.1, -0.05) is 39.2 Å². The van der Waals surface area contributed by atoms with Gasteiger partial charge in [-0.3, -0.25) is 0 Å². The molecule has 1 aromatic carbocycles. The van der Waals surface area contributed by atoms with Gasteiger partial charge >= 0.3 is 5.97 Å². The van der Waals surface area contributed by atoms with Gasteiger partial charge in [0.15, 0.2) is 6.79 Å². The second-order valence-corrected chi connectivity index (χ2v) is 6.66. The largest absolute Gasteiger partial charge is 0.468 e. The van der Waals surface area contributed by atoms with E-state index in [2.05, 4.69) is 13.5 Å². The van der Waals surface area contributed by atoms with Gasteiger partial charge in [0.1, 0.15) is 11.5 Å². The van der Waals surface area contributed by atoms with Crippen LogP contribution in [0.5, 0.6) is 11.5 Å². The van der Waals surface area contributed by atoms with E-state index >= 15 is 0 Å². The quantitative estimate of drug-likeness (QED) is 0.190. The van der Waals surface area contributed by atoms with Crippen molar-refractivity contribution in [3.63, 3.8) is 0 Å². The molecule has 0 unspecified atom stereocenters. The molecule has 0 radical (unpaired) electrons. The van der Waals surface area contributed by atoms with E-state index in [0.717, 1.165) is 24.8 Å². The van der Waals surface area contributed by atoms with Crippen LogP contribution in [0.3, 0.4) is 0 Å². The van der Waals surface area contributed by atoms with Crippen molar-refractivity contribution in [2.45, 2.75) is 64.4 Å². The number of ether oxygens (including phenoxy) is 3. The summed E-state index contributed by atoms with van der Waals surface area (Å²) in [7, 11) is 0. The first kappa shape index (κ1) is 19.5. The zero-order valence-corrected chi connectivity index (χ0v) is 15.2. The summed E-state index contributed by atoms with van der Waals surface area (Å²) in [6.45, 7) is 5.88. The molecule has 0 aromatic heterocycles. The Bertz CT molecular complexity index is 515. The fraction of sp³-hybridized carbons (Fsp3) is 0.571. The van der Waals surface area contributed by atoms with Crippen molar-refractivity contribution in [2.24, 2.45) is 5.92 Å². The van der Waals surface area contributed by atoms with Crippen molar-refractivity contribution >= 4 is 5.97 Å². The van der Waals surface area contributed by atoms with Crippen LogP contribution in [-0.2, 0) is 9.53 Å². The van der Waals surface area contributed by atoms with E-state index in [4.69, 9.17) is 14.2 Å². The van der Waals surface area contributed by atoms with Gasteiger partial charge in [-0.2, -0.15) is 0 Å². The molecule has 0 N–H and O–H groups in total. The second-order valence-electron chi connectivity index (χ2n) is 6.66. The van der Waals surface area contributed by atoms with E-state index in [-0.39, 0.29) is 6.79 Å². The maximum atomic E-state index is 11.1. The first-order chi connectivity index (χ1) is 12.2. The minimum atomic E-state index is -0.470. The lowest BCUT2D eigenvalue weighted by Crippen LogP contribution is -2.23. The minimum absolute atomic E-state index is 0.261. The van der Waals surface area contributed by atoms with Crippen molar-refractivity contribution < 1.29 is 19.0 Å². The van der Waals surface area contributed by atoms with Gasteiger partial charge in [-0.05, 0) is 55.9 Å². The molecule has 0 heterocycles. The highest BCUT2D eigenvalue weighted by Crippen LogP contribution is 2.30. The maximum absolute atomic E-state index is 11.1. The Kier molecular flexibility index (Phi) is 8.53. The molecule has 1 saturated carbocycles. The Morgan fingerprint density at radius 2 is 1.80 bits per heavy atom. The molecular formula is C21H30O4. The van der Waals surface area contributed by atoms with Crippen LogP contribution in [-0.4, -0.2) is 18.9 Å². The zero-order chi connectivity index (χ0) is 17.9. The molecule has 25 heavy (non-hydrogen) atoms. The highest BCUT2D eigenvalue weighted by molar-refractivity contribution is 5.83. The van der Waals surface area contributed by atoms with Crippen LogP contribution in [0.2, 0.25) is 0 Å². The van der Waals surface area contributed by atoms with E-state index < -0.39 is 5.97 Å². The zero-order valence-electron chi connectivity index (χ0n) is 15.2. The molecule has 0 atom stereocenters. The van der Waals surface area contributed by atoms with Gasteiger partial charge in [0, 0.05) is 6.08 Å². The molecule has 4 heteroatoms. The van der Waals surface area contributed by atoms with Crippen LogP contribution in [0.15, 0.2) is 36.9 Å². The van der Waals surface area contributed by atoms with Crippen LogP contribution in [0, 0.1) is 5.92 Å². The lowest BCUT2D eigenvalue weighted by molar-refractivity contribution is -0.128. The molecule has 138 valence electrons. The van der Waals surface area contributed by atoms with Crippen molar-refractivity contribution in [3.8, 4) is 11.5 Å². The number of esters is 1. The monoisotopic (exact) mass is 346 g/mol. The Balaban J connectivity index is 1.61. The third-order valence-corrected chi connectivity index (χ3v) is 4.75. The molecule has 0 saturated heterocycles. The predicted octanol–water partition coefficient (Wildman–Crippen LogP) is 5.27. The average molecular weight is 346 g/mol. The lowest BCUT2D eigenvalue weighted by Gasteiger charge is -2.28. The van der Waals surface area contributed by atoms with E-state index in [1.54, 1.807) is 24.3 Å². The third kappa shape index (κ3) is 7.30. The Hall–Kier alpha value is -1.81. The number of hydrogen-bond donors (Lipinski definition) is 0. The fourth-order valence-electron chi connectivity index (χ4n) is 3.23. The smallest absolute Gasteiger partial charge is 0.335 e. The minimum Gasteiger partial charge on any atom is -0.468 e. The number of carbonyl (C=O) groups excluding carboxylic acids is 1. The topological polar surface area (TPSA) is 44.8 Å². The molecular weight excluding hydrogens is 316 g/mol. The second kappa shape index (κ2) is 10.9. The summed E-state index contributed by atoms with van der Waals surface area (Å²) >= 11 is 0. The SMILES string of the molecule is C=CC(=O)Oc1ccc(OCOC2CCC(CCCCC)CC2)cc1. The lowest BCUT2D eigenvalue weighted by atomic mass is 9.84. The van der Waals surface area contributed by atoms with E-state index in [1.807, 2.05) is 0 Å². The summed E-state index contributed by atoms with van der Waals surface area (Å²) in [5.74, 6) is 1.59. The number of hydrogen-bond acceptors (Lipinski definition) is 4.